The Morgan fingerprint density at radius 1 is 0.250 bits per heavy atom. The summed E-state index contributed by atoms with van der Waals surface area (Å²) in [5.41, 5.74) is 4.72. The molecule has 3 aromatic heterocycles. The van der Waals surface area contributed by atoms with E-state index >= 15 is 0 Å². The summed E-state index contributed by atoms with van der Waals surface area (Å²) >= 11 is 0. The van der Waals surface area contributed by atoms with Gasteiger partial charge in [0.15, 0.2) is 29.1 Å². The van der Waals surface area contributed by atoms with E-state index in [1.54, 1.807) is 0 Å². The van der Waals surface area contributed by atoms with Gasteiger partial charge in [0.25, 0.3) is 0 Å². The molecule has 4 aliphatic carbocycles. The molecular formula is C51H57N9. The van der Waals surface area contributed by atoms with E-state index in [9.17, 15) is 0 Å². The molecule has 60 heavy (non-hydrogen) atoms. The van der Waals surface area contributed by atoms with Gasteiger partial charge < -0.3 is 0 Å². The maximum absolute atomic E-state index is 5.19. The highest BCUT2D eigenvalue weighted by molar-refractivity contribution is 5.71. The topological polar surface area (TPSA) is 116 Å². The summed E-state index contributed by atoms with van der Waals surface area (Å²) < 4.78 is 0. The highest BCUT2D eigenvalue weighted by Gasteiger charge is 2.27. The molecule has 0 N–H and O–H groups in total. The lowest BCUT2D eigenvalue weighted by atomic mass is 9.87. The Morgan fingerprint density at radius 3 is 0.900 bits per heavy atom. The van der Waals surface area contributed by atoms with Crippen LogP contribution in [0.25, 0.3) is 56.9 Å². The molecule has 0 aliphatic heterocycles. The van der Waals surface area contributed by atoms with Crippen LogP contribution in [-0.4, -0.2) is 44.9 Å². The third-order valence-electron chi connectivity index (χ3n) is 13.7. The van der Waals surface area contributed by atoms with E-state index in [4.69, 9.17) is 44.9 Å². The highest BCUT2D eigenvalue weighted by atomic mass is 15.1. The summed E-state index contributed by atoms with van der Waals surface area (Å²) in [5, 5.41) is 0. The standard InChI is InChI=1S/C51H57N9/c1-6-17-34(18-7-1)43-52-44(35-19-8-2-9-20-35)55-48(54-43)39-29-31-40(32-30-39)49-56-47(38-25-14-5-15-26-38)59-51(60-49)42-28-16-27-41(33-42)50-57-45(36-21-10-3-11-22-36)53-46(58-50)37-23-12-4-13-24-37/h5,14-16,25-37H,1-4,6-13,17-24H2. The molecule has 0 amide bonds. The van der Waals surface area contributed by atoms with Crippen LogP contribution < -0.4 is 0 Å². The Hall–Kier alpha value is -5.31. The second-order valence-electron chi connectivity index (χ2n) is 17.9. The minimum absolute atomic E-state index is 0.403. The average Bonchev–Trinajstić information content (AvgIpc) is 3.35. The fourth-order valence-corrected chi connectivity index (χ4v) is 10.2. The van der Waals surface area contributed by atoms with E-state index in [0.29, 0.717) is 41.1 Å². The normalized spacial score (nSPS) is 18.7. The molecule has 3 heterocycles. The van der Waals surface area contributed by atoms with Crippen LogP contribution >= 0.6 is 0 Å². The van der Waals surface area contributed by atoms with Crippen LogP contribution in [0, 0.1) is 0 Å². The lowest BCUT2D eigenvalue weighted by Crippen LogP contribution is -2.16. The number of hydrogen-bond donors (Lipinski definition) is 0. The second-order valence-corrected chi connectivity index (χ2v) is 17.9. The van der Waals surface area contributed by atoms with Gasteiger partial charge in [0, 0.05) is 51.5 Å². The molecule has 306 valence electrons. The van der Waals surface area contributed by atoms with Crippen molar-refractivity contribution >= 4 is 0 Å². The number of aromatic nitrogens is 9. The molecule has 0 bridgehead atoms. The quantitative estimate of drug-likeness (QED) is 0.141. The summed E-state index contributed by atoms with van der Waals surface area (Å²) in [6, 6.07) is 27.1. The Balaban J connectivity index is 1.01. The molecule has 0 atom stereocenters. The predicted octanol–water partition coefficient (Wildman–Crippen LogP) is 12.8. The van der Waals surface area contributed by atoms with Crippen molar-refractivity contribution in [2.75, 3.05) is 0 Å². The van der Waals surface area contributed by atoms with E-state index in [2.05, 4.69) is 60.7 Å². The molecule has 4 saturated carbocycles. The number of nitrogens with zero attached hydrogens (tertiary/aromatic N) is 9. The monoisotopic (exact) mass is 795 g/mol. The van der Waals surface area contributed by atoms with Crippen molar-refractivity contribution in [2.45, 2.75) is 152 Å². The Labute approximate surface area is 354 Å². The van der Waals surface area contributed by atoms with Gasteiger partial charge in [-0.25, -0.2) is 44.9 Å². The van der Waals surface area contributed by atoms with E-state index in [1.165, 1.54) is 103 Å². The van der Waals surface area contributed by atoms with Gasteiger partial charge in [0.2, 0.25) is 0 Å². The fourth-order valence-electron chi connectivity index (χ4n) is 10.2. The summed E-state index contributed by atoms with van der Waals surface area (Å²) in [6.07, 6.45) is 24.5. The number of benzene rings is 3. The Morgan fingerprint density at radius 2 is 0.533 bits per heavy atom. The largest absolute Gasteiger partial charge is 0.217 e. The smallest absolute Gasteiger partial charge is 0.164 e. The van der Waals surface area contributed by atoms with Crippen molar-refractivity contribution in [2.24, 2.45) is 0 Å². The van der Waals surface area contributed by atoms with Gasteiger partial charge in [0.1, 0.15) is 23.3 Å². The van der Waals surface area contributed by atoms with Crippen LogP contribution in [0.1, 0.15) is 175 Å². The average molecular weight is 796 g/mol. The van der Waals surface area contributed by atoms with Crippen LogP contribution in [-0.2, 0) is 0 Å². The first-order valence-electron chi connectivity index (χ1n) is 23.2. The van der Waals surface area contributed by atoms with Crippen molar-refractivity contribution in [1.29, 1.82) is 0 Å². The third kappa shape index (κ3) is 8.77. The van der Waals surface area contributed by atoms with Gasteiger partial charge in [-0.1, -0.05) is 150 Å². The van der Waals surface area contributed by atoms with Crippen LogP contribution in [0.5, 0.6) is 0 Å². The second kappa shape index (κ2) is 18.1. The van der Waals surface area contributed by atoms with Crippen LogP contribution in [0.4, 0.5) is 0 Å². The predicted molar refractivity (Wildman–Crippen MR) is 237 cm³/mol. The first-order valence-corrected chi connectivity index (χ1v) is 23.2. The van der Waals surface area contributed by atoms with Crippen molar-refractivity contribution in [3.63, 3.8) is 0 Å². The first-order chi connectivity index (χ1) is 29.7. The molecule has 0 saturated heterocycles. The van der Waals surface area contributed by atoms with Crippen molar-refractivity contribution in [3.8, 4) is 56.9 Å². The van der Waals surface area contributed by atoms with Gasteiger partial charge in [-0.05, 0) is 57.4 Å². The molecular weight excluding hydrogens is 739 g/mol. The molecule has 0 unspecified atom stereocenters. The molecule has 0 radical (unpaired) electrons. The Kier molecular flexibility index (Phi) is 11.7. The van der Waals surface area contributed by atoms with E-state index < -0.39 is 0 Å². The summed E-state index contributed by atoms with van der Waals surface area (Å²) in [5.74, 6) is 9.02. The fraction of sp³-hybridized carbons (Fsp3) is 0.471. The zero-order chi connectivity index (χ0) is 40.1. The van der Waals surface area contributed by atoms with Crippen molar-refractivity contribution < 1.29 is 0 Å². The number of rotatable bonds is 9. The number of hydrogen-bond acceptors (Lipinski definition) is 9. The maximum Gasteiger partial charge on any atom is 0.164 e. The lowest BCUT2D eigenvalue weighted by Gasteiger charge is -2.24. The molecule has 0 spiro atoms. The minimum Gasteiger partial charge on any atom is -0.217 e. The Bertz CT molecular complexity index is 2300. The zero-order valence-electron chi connectivity index (χ0n) is 35.0. The molecule has 4 aliphatic rings. The molecule has 3 aromatic carbocycles. The van der Waals surface area contributed by atoms with Crippen LogP contribution in [0.15, 0.2) is 78.9 Å². The van der Waals surface area contributed by atoms with Crippen LogP contribution in [0.3, 0.4) is 0 Å². The van der Waals surface area contributed by atoms with E-state index in [1.807, 2.05) is 18.2 Å². The zero-order valence-corrected chi connectivity index (χ0v) is 35.0. The molecule has 4 fully saturated rings. The summed E-state index contributed by atoms with van der Waals surface area (Å²) in [6.45, 7) is 0. The summed E-state index contributed by atoms with van der Waals surface area (Å²) in [4.78, 5) is 46.3. The summed E-state index contributed by atoms with van der Waals surface area (Å²) in [7, 11) is 0. The van der Waals surface area contributed by atoms with Gasteiger partial charge in [-0.3, -0.25) is 0 Å². The minimum atomic E-state index is 0.403. The van der Waals surface area contributed by atoms with Gasteiger partial charge in [-0.15, -0.1) is 0 Å². The lowest BCUT2D eigenvalue weighted by molar-refractivity contribution is 0.409. The molecule has 10 rings (SSSR count). The van der Waals surface area contributed by atoms with E-state index in [0.717, 1.165) is 88.4 Å². The molecule has 6 aromatic rings. The first kappa shape index (κ1) is 38.9. The molecule has 9 heteroatoms. The van der Waals surface area contributed by atoms with Crippen molar-refractivity contribution in [1.82, 2.24) is 44.9 Å². The third-order valence-corrected chi connectivity index (χ3v) is 13.7. The van der Waals surface area contributed by atoms with Gasteiger partial charge in [-0.2, -0.15) is 0 Å². The maximum atomic E-state index is 5.19. The molecule has 9 nitrogen and oxygen atoms in total. The SMILES string of the molecule is c1ccc(-c2nc(-c3ccc(-c4nc(C5CCCCC5)nc(C5CCCCC5)n4)cc3)nc(-c3cccc(-c4nc(C5CCCCC5)nc(C5CCCCC5)n4)c3)n2)cc1. The van der Waals surface area contributed by atoms with Crippen molar-refractivity contribution in [3.05, 3.63) is 102 Å². The van der Waals surface area contributed by atoms with Gasteiger partial charge >= 0.3 is 0 Å². The van der Waals surface area contributed by atoms with Crippen LogP contribution in [0.2, 0.25) is 0 Å². The highest BCUT2D eigenvalue weighted by Crippen LogP contribution is 2.38. The van der Waals surface area contributed by atoms with E-state index in [-0.39, 0.29) is 0 Å². The van der Waals surface area contributed by atoms with Gasteiger partial charge in [0.05, 0.1) is 0 Å².